The third kappa shape index (κ3) is 4.88. The lowest BCUT2D eigenvalue weighted by Crippen LogP contribution is -2.50. The first kappa shape index (κ1) is 18.5. The molecule has 0 saturated heterocycles. The maximum Gasteiger partial charge on any atom is 0.244 e. The number of aliphatic hydroxyl groups is 1. The van der Waals surface area contributed by atoms with Crippen LogP contribution in [-0.2, 0) is 16.0 Å². The van der Waals surface area contributed by atoms with Crippen LogP contribution in [0.15, 0.2) is 18.2 Å². The molecule has 3 rings (SSSR count). The van der Waals surface area contributed by atoms with E-state index in [4.69, 9.17) is 9.47 Å². The molecule has 1 aliphatic carbocycles. The molecule has 0 bridgehead atoms. The van der Waals surface area contributed by atoms with E-state index < -0.39 is 12.6 Å². The molecule has 2 amide bonds. The number of fused-ring (bicyclic) bond motifs is 1. The highest BCUT2D eigenvalue weighted by molar-refractivity contribution is 5.88. The van der Waals surface area contributed by atoms with Crippen molar-refractivity contribution in [3.05, 3.63) is 23.8 Å². The van der Waals surface area contributed by atoms with E-state index in [0.717, 1.165) is 18.4 Å². The van der Waals surface area contributed by atoms with E-state index in [1.54, 1.807) is 18.2 Å². The fourth-order valence-electron chi connectivity index (χ4n) is 3.44. The second kappa shape index (κ2) is 8.89. The Kier molecular flexibility index (Phi) is 6.33. The number of nitrogens with one attached hydrogen (secondary N) is 2. The monoisotopic (exact) mass is 362 g/mol. The number of amides is 2. The molecule has 7 nitrogen and oxygen atoms in total. The first-order valence-electron chi connectivity index (χ1n) is 9.22. The van der Waals surface area contributed by atoms with Crippen LogP contribution >= 0.6 is 0 Å². The van der Waals surface area contributed by atoms with Gasteiger partial charge in [-0.1, -0.05) is 25.3 Å². The lowest BCUT2D eigenvalue weighted by Gasteiger charge is -2.23. The summed E-state index contributed by atoms with van der Waals surface area (Å²) in [5.74, 6) is 1.10. The molecule has 2 aliphatic rings. The van der Waals surface area contributed by atoms with Crippen molar-refractivity contribution in [1.82, 2.24) is 10.6 Å². The average Bonchev–Trinajstić information content (AvgIpc) is 3.12. The molecule has 7 heteroatoms. The van der Waals surface area contributed by atoms with Gasteiger partial charge in [-0.3, -0.25) is 9.59 Å². The second-order valence-corrected chi connectivity index (χ2v) is 6.92. The Hall–Kier alpha value is -2.28. The lowest BCUT2D eigenvalue weighted by atomic mass is 9.89. The van der Waals surface area contributed by atoms with E-state index >= 15 is 0 Å². The van der Waals surface area contributed by atoms with E-state index in [1.807, 2.05) is 0 Å². The maximum absolute atomic E-state index is 12.2. The van der Waals surface area contributed by atoms with Gasteiger partial charge in [0, 0.05) is 6.54 Å². The largest absolute Gasteiger partial charge is 0.454 e. The van der Waals surface area contributed by atoms with Gasteiger partial charge in [0.15, 0.2) is 11.5 Å². The minimum absolute atomic E-state index is 0.100. The van der Waals surface area contributed by atoms with E-state index in [0.29, 0.717) is 24.0 Å². The highest BCUT2D eigenvalue weighted by atomic mass is 16.7. The molecular weight excluding hydrogens is 336 g/mol. The molecule has 1 aromatic rings. The topological polar surface area (TPSA) is 96.9 Å². The predicted molar refractivity (Wildman–Crippen MR) is 94.9 cm³/mol. The summed E-state index contributed by atoms with van der Waals surface area (Å²) < 4.78 is 10.5. The second-order valence-electron chi connectivity index (χ2n) is 6.92. The van der Waals surface area contributed by atoms with Crippen LogP contribution < -0.4 is 20.1 Å². The summed E-state index contributed by atoms with van der Waals surface area (Å²) in [7, 11) is 0. The SMILES string of the molecule is O=C(Cc1ccc2c(c1)OCO2)NC(CO)C(=O)NCC1CCCCC1. The van der Waals surface area contributed by atoms with Crippen LogP contribution in [0.3, 0.4) is 0 Å². The molecule has 26 heavy (non-hydrogen) atoms. The Morgan fingerprint density at radius 2 is 1.92 bits per heavy atom. The summed E-state index contributed by atoms with van der Waals surface area (Å²) in [6, 6.07) is 4.36. The number of benzene rings is 1. The van der Waals surface area contributed by atoms with E-state index in [1.165, 1.54) is 19.3 Å². The molecule has 1 unspecified atom stereocenters. The average molecular weight is 362 g/mol. The summed E-state index contributed by atoms with van der Waals surface area (Å²) in [6.07, 6.45) is 6.02. The van der Waals surface area contributed by atoms with Gasteiger partial charge in [-0.15, -0.1) is 0 Å². The molecule has 1 fully saturated rings. The van der Waals surface area contributed by atoms with E-state index in [9.17, 15) is 14.7 Å². The number of carbonyl (C=O) groups is 2. The van der Waals surface area contributed by atoms with E-state index in [2.05, 4.69) is 10.6 Å². The van der Waals surface area contributed by atoms with Crippen LogP contribution in [-0.4, -0.2) is 42.9 Å². The van der Waals surface area contributed by atoms with Crippen molar-refractivity contribution in [1.29, 1.82) is 0 Å². The number of aliphatic hydroxyl groups excluding tert-OH is 1. The summed E-state index contributed by atoms with van der Waals surface area (Å²) in [4.78, 5) is 24.5. The highest BCUT2D eigenvalue weighted by Crippen LogP contribution is 2.32. The quantitative estimate of drug-likeness (QED) is 0.676. The van der Waals surface area contributed by atoms with Crippen molar-refractivity contribution < 1.29 is 24.2 Å². The van der Waals surface area contributed by atoms with Crippen molar-refractivity contribution in [2.45, 2.75) is 44.6 Å². The predicted octanol–water partition coefficient (Wildman–Crippen LogP) is 1.13. The number of ether oxygens (including phenoxy) is 2. The normalized spacial score (nSPS) is 17.6. The van der Waals surface area contributed by atoms with E-state index in [-0.39, 0.29) is 25.0 Å². The fourth-order valence-corrected chi connectivity index (χ4v) is 3.44. The van der Waals surface area contributed by atoms with Crippen LogP contribution in [0.5, 0.6) is 11.5 Å². The van der Waals surface area contributed by atoms with Gasteiger partial charge in [0.05, 0.1) is 13.0 Å². The smallest absolute Gasteiger partial charge is 0.244 e. The third-order valence-electron chi connectivity index (χ3n) is 4.93. The molecular formula is C19H26N2O5. The number of rotatable bonds is 7. The first-order valence-corrected chi connectivity index (χ1v) is 9.22. The third-order valence-corrected chi connectivity index (χ3v) is 4.93. The maximum atomic E-state index is 12.2. The number of carbonyl (C=O) groups excluding carboxylic acids is 2. The number of hydrogen-bond acceptors (Lipinski definition) is 5. The van der Waals surface area contributed by atoms with Gasteiger partial charge in [-0.05, 0) is 36.5 Å². The zero-order chi connectivity index (χ0) is 18.4. The molecule has 1 atom stereocenters. The minimum Gasteiger partial charge on any atom is -0.454 e. The van der Waals surface area contributed by atoms with Gasteiger partial charge in [0.2, 0.25) is 18.6 Å². The van der Waals surface area contributed by atoms with Crippen molar-refractivity contribution in [3.8, 4) is 11.5 Å². The highest BCUT2D eigenvalue weighted by Gasteiger charge is 2.22. The van der Waals surface area contributed by atoms with Crippen LogP contribution in [0.1, 0.15) is 37.7 Å². The van der Waals surface area contributed by atoms with Gasteiger partial charge in [0.25, 0.3) is 0 Å². The van der Waals surface area contributed by atoms with Gasteiger partial charge < -0.3 is 25.2 Å². The summed E-state index contributed by atoms with van der Waals surface area (Å²) >= 11 is 0. The molecule has 1 aliphatic heterocycles. The van der Waals surface area contributed by atoms with Crippen LogP contribution in [0.4, 0.5) is 0 Å². The Bertz CT molecular complexity index is 643. The molecule has 1 aromatic carbocycles. The molecule has 0 spiro atoms. The minimum atomic E-state index is -0.930. The molecule has 0 aromatic heterocycles. The van der Waals surface area contributed by atoms with Crippen LogP contribution in [0.25, 0.3) is 0 Å². The zero-order valence-electron chi connectivity index (χ0n) is 14.8. The first-order chi connectivity index (χ1) is 12.7. The fraction of sp³-hybridized carbons (Fsp3) is 0.579. The van der Waals surface area contributed by atoms with Crippen molar-refractivity contribution in [3.63, 3.8) is 0 Å². The Morgan fingerprint density at radius 1 is 1.15 bits per heavy atom. The van der Waals surface area contributed by atoms with Crippen LogP contribution in [0.2, 0.25) is 0 Å². The summed E-state index contributed by atoms with van der Waals surface area (Å²) in [6.45, 7) is 0.357. The summed E-state index contributed by atoms with van der Waals surface area (Å²) in [5.41, 5.74) is 0.756. The van der Waals surface area contributed by atoms with Crippen molar-refractivity contribution in [2.75, 3.05) is 19.9 Å². The van der Waals surface area contributed by atoms with Crippen LogP contribution in [0, 0.1) is 5.92 Å². The molecule has 1 heterocycles. The summed E-state index contributed by atoms with van der Waals surface area (Å²) in [5, 5.41) is 14.9. The number of hydrogen-bond donors (Lipinski definition) is 3. The van der Waals surface area contributed by atoms with Gasteiger partial charge in [0.1, 0.15) is 6.04 Å². The van der Waals surface area contributed by atoms with Crippen molar-refractivity contribution >= 4 is 11.8 Å². The zero-order valence-corrected chi connectivity index (χ0v) is 14.8. The van der Waals surface area contributed by atoms with Gasteiger partial charge in [-0.25, -0.2) is 0 Å². The molecule has 142 valence electrons. The van der Waals surface area contributed by atoms with Gasteiger partial charge >= 0.3 is 0 Å². The standard InChI is InChI=1S/C19H26N2O5/c22-11-15(19(24)20-10-13-4-2-1-3-5-13)21-18(23)9-14-6-7-16-17(8-14)26-12-25-16/h6-8,13,15,22H,1-5,9-12H2,(H,20,24)(H,21,23). The Morgan fingerprint density at radius 3 is 2.69 bits per heavy atom. The molecule has 1 saturated carbocycles. The molecule has 3 N–H and O–H groups in total. The lowest BCUT2D eigenvalue weighted by molar-refractivity contribution is -0.129. The Balaban J connectivity index is 1.47. The van der Waals surface area contributed by atoms with Gasteiger partial charge in [-0.2, -0.15) is 0 Å². The van der Waals surface area contributed by atoms with Crippen molar-refractivity contribution in [2.24, 2.45) is 5.92 Å². The molecule has 0 radical (unpaired) electrons. The Labute approximate surface area is 153 Å².